The third kappa shape index (κ3) is 5.61. The van der Waals surface area contributed by atoms with Gasteiger partial charge in [-0.25, -0.2) is 9.59 Å². The van der Waals surface area contributed by atoms with Crippen LogP contribution < -0.4 is 4.74 Å². The summed E-state index contributed by atoms with van der Waals surface area (Å²) >= 11 is 0. The maximum absolute atomic E-state index is 12.8. The van der Waals surface area contributed by atoms with E-state index in [0.717, 1.165) is 23.3 Å². The van der Waals surface area contributed by atoms with Gasteiger partial charge in [0.1, 0.15) is 18.0 Å². The molecule has 3 rings (SSSR count). The number of fused-ring (bicyclic) bond motifs is 1. The van der Waals surface area contributed by atoms with Crippen molar-refractivity contribution in [3.8, 4) is 5.75 Å². The van der Waals surface area contributed by atoms with Crippen LogP contribution in [0.5, 0.6) is 5.75 Å². The molecule has 1 aliphatic rings. The molecule has 0 radical (unpaired) electrons. The van der Waals surface area contributed by atoms with Gasteiger partial charge in [-0.3, -0.25) is 0 Å². The molecular formula is C26H33NO5. The Bertz CT molecular complexity index is 959. The third-order valence-electron chi connectivity index (χ3n) is 5.43. The van der Waals surface area contributed by atoms with Gasteiger partial charge in [-0.05, 0) is 74.1 Å². The number of amides is 1. The van der Waals surface area contributed by atoms with Gasteiger partial charge in [0.15, 0.2) is 0 Å². The van der Waals surface area contributed by atoms with E-state index in [0.29, 0.717) is 18.7 Å². The van der Waals surface area contributed by atoms with Crippen LogP contribution in [-0.2, 0) is 22.5 Å². The van der Waals surface area contributed by atoms with Crippen molar-refractivity contribution in [3.05, 3.63) is 64.7 Å². The molecule has 32 heavy (non-hydrogen) atoms. The van der Waals surface area contributed by atoms with Crippen molar-refractivity contribution in [1.29, 1.82) is 0 Å². The van der Waals surface area contributed by atoms with Crippen molar-refractivity contribution in [1.82, 2.24) is 4.90 Å². The number of ether oxygens (including phenoxy) is 3. The van der Waals surface area contributed by atoms with E-state index in [2.05, 4.69) is 26.0 Å². The Morgan fingerprint density at radius 3 is 2.38 bits per heavy atom. The van der Waals surface area contributed by atoms with Gasteiger partial charge < -0.3 is 19.1 Å². The van der Waals surface area contributed by atoms with Crippen molar-refractivity contribution in [2.75, 3.05) is 13.7 Å². The maximum atomic E-state index is 12.8. The summed E-state index contributed by atoms with van der Waals surface area (Å²) in [4.78, 5) is 26.2. The van der Waals surface area contributed by atoms with Crippen molar-refractivity contribution in [2.45, 2.75) is 59.3 Å². The van der Waals surface area contributed by atoms with Crippen LogP contribution in [0.25, 0.3) is 0 Å². The second-order valence-corrected chi connectivity index (χ2v) is 9.45. The fourth-order valence-electron chi connectivity index (χ4n) is 3.99. The first-order valence-corrected chi connectivity index (χ1v) is 11.0. The van der Waals surface area contributed by atoms with Gasteiger partial charge in [-0.1, -0.05) is 32.0 Å². The molecule has 6 heteroatoms. The number of nitrogens with zero attached hydrogens (tertiary/aromatic N) is 1. The van der Waals surface area contributed by atoms with Gasteiger partial charge in [0.25, 0.3) is 0 Å². The van der Waals surface area contributed by atoms with E-state index >= 15 is 0 Å². The second-order valence-electron chi connectivity index (χ2n) is 9.45. The smallest absolute Gasteiger partial charge is 0.410 e. The van der Waals surface area contributed by atoms with Crippen LogP contribution >= 0.6 is 0 Å². The molecule has 0 aromatic heterocycles. The van der Waals surface area contributed by atoms with Crippen LogP contribution in [0.4, 0.5) is 4.79 Å². The number of carbonyl (C=O) groups excluding carboxylic acids is 2. The highest BCUT2D eigenvalue weighted by molar-refractivity contribution is 5.89. The standard InChI is InChI=1S/C26H33NO5/c1-17(2)23-22-12-11-21(31-16-18-7-9-19(10-8-18)24(28)30-6)15-20(22)13-14-27(23)25(29)32-26(3,4)5/h7-12,15,17,23H,13-14,16H2,1-6H3. The lowest BCUT2D eigenvalue weighted by molar-refractivity contribution is 0.00875. The summed E-state index contributed by atoms with van der Waals surface area (Å²) in [5.74, 6) is 0.683. The Hall–Kier alpha value is -3.02. The highest BCUT2D eigenvalue weighted by atomic mass is 16.6. The molecule has 2 aromatic rings. The van der Waals surface area contributed by atoms with Crippen molar-refractivity contribution in [2.24, 2.45) is 5.92 Å². The van der Waals surface area contributed by atoms with E-state index in [4.69, 9.17) is 14.2 Å². The summed E-state index contributed by atoms with van der Waals surface area (Å²) in [6.07, 6.45) is 0.487. The van der Waals surface area contributed by atoms with E-state index in [9.17, 15) is 9.59 Å². The molecule has 1 heterocycles. The normalized spacial score (nSPS) is 15.8. The molecule has 1 aliphatic heterocycles. The molecule has 2 aromatic carbocycles. The largest absolute Gasteiger partial charge is 0.489 e. The fraction of sp³-hybridized carbons (Fsp3) is 0.462. The minimum atomic E-state index is -0.522. The molecule has 172 valence electrons. The average molecular weight is 440 g/mol. The van der Waals surface area contributed by atoms with Crippen molar-refractivity contribution >= 4 is 12.1 Å². The number of benzene rings is 2. The van der Waals surface area contributed by atoms with E-state index < -0.39 is 5.60 Å². The first kappa shape index (κ1) is 23.6. The number of esters is 1. The molecule has 0 bridgehead atoms. The number of carbonyl (C=O) groups is 2. The highest BCUT2D eigenvalue weighted by Gasteiger charge is 2.35. The summed E-state index contributed by atoms with van der Waals surface area (Å²) in [6.45, 7) is 10.9. The van der Waals surface area contributed by atoms with Gasteiger partial charge >= 0.3 is 12.1 Å². The Balaban J connectivity index is 1.72. The molecule has 0 aliphatic carbocycles. The monoisotopic (exact) mass is 439 g/mol. The Morgan fingerprint density at radius 2 is 1.78 bits per heavy atom. The van der Waals surface area contributed by atoms with Crippen LogP contribution in [0, 0.1) is 5.92 Å². The van der Waals surface area contributed by atoms with E-state index in [-0.39, 0.29) is 24.0 Å². The molecule has 1 atom stereocenters. The molecule has 6 nitrogen and oxygen atoms in total. The summed E-state index contributed by atoms with van der Waals surface area (Å²) < 4.78 is 16.4. The second kappa shape index (κ2) is 9.63. The lowest BCUT2D eigenvalue weighted by Gasteiger charge is -2.40. The number of methoxy groups -OCH3 is 1. The summed E-state index contributed by atoms with van der Waals surface area (Å²) in [6, 6.07) is 13.2. The Kier molecular flexibility index (Phi) is 7.12. The number of hydrogen-bond acceptors (Lipinski definition) is 5. The molecule has 0 spiro atoms. The molecule has 1 amide bonds. The maximum Gasteiger partial charge on any atom is 0.410 e. The Morgan fingerprint density at radius 1 is 1.09 bits per heavy atom. The average Bonchev–Trinajstić information content (AvgIpc) is 2.75. The van der Waals surface area contributed by atoms with Crippen LogP contribution in [-0.4, -0.2) is 36.2 Å². The minimum absolute atomic E-state index is 0.0338. The molecule has 0 fully saturated rings. The Labute approximate surface area is 190 Å². The zero-order valence-electron chi connectivity index (χ0n) is 19.8. The first-order valence-electron chi connectivity index (χ1n) is 11.0. The zero-order chi connectivity index (χ0) is 23.5. The molecule has 0 saturated carbocycles. The van der Waals surface area contributed by atoms with E-state index in [1.165, 1.54) is 12.7 Å². The number of hydrogen-bond donors (Lipinski definition) is 0. The van der Waals surface area contributed by atoms with E-state index in [1.807, 2.05) is 43.9 Å². The topological polar surface area (TPSA) is 65.1 Å². The summed E-state index contributed by atoms with van der Waals surface area (Å²) in [5, 5.41) is 0. The fourth-order valence-corrected chi connectivity index (χ4v) is 3.99. The van der Waals surface area contributed by atoms with Gasteiger partial charge in [-0.15, -0.1) is 0 Å². The zero-order valence-corrected chi connectivity index (χ0v) is 19.8. The van der Waals surface area contributed by atoms with Gasteiger partial charge in [-0.2, -0.15) is 0 Å². The minimum Gasteiger partial charge on any atom is -0.489 e. The van der Waals surface area contributed by atoms with Gasteiger partial charge in [0, 0.05) is 6.54 Å². The van der Waals surface area contributed by atoms with Crippen LogP contribution in [0.15, 0.2) is 42.5 Å². The number of rotatable bonds is 5. The lowest BCUT2D eigenvalue weighted by atomic mass is 9.86. The van der Waals surface area contributed by atoms with Gasteiger partial charge in [0.05, 0.1) is 18.7 Å². The van der Waals surface area contributed by atoms with E-state index in [1.54, 1.807) is 12.1 Å². The predicted octanol–water partition coefficient (Wildman–Crippen LogP) is 5.54. The lowest BCUT2D eigenvalue weighted by Crippen LogP contribution is -2.44. The SMILES string of the molecule is COC(=O)c1ccc(COc2ccc3c(c2)CCN(C(=O)OC(C)(C)C)C3C(C)C)cc1. The summed E-state index contributed by atoms with van der Waals surface area (Å²) in [7, 11) is 1.37. The summed E-state index contributed by atoms with van der Waals surface area (Å²) in [5.41, 5.74) is 3.30. The van der Waals surface area contributed by atoms with Crippen molar-refractivity contribution in [3.63, 3.8) is 0 Å². The molecule has 0 N–H and O–H groups in total. The third-order valence-corrected chi connectivity index (χ3v) is 5.43. The van der Waals surface area contributed by atoms with Crippen molar-refractivity contribution < 1.29 is 23.8 Å². The first-order chi connectivity index (χ1) is 15.1. The van der Waals surface area contributed by atoms with Crippen LogP contribution in [0.3, 0.4) is 0 Å². The highest BCUT2D eigenvalue weighted by Crippen LogP contribution is 2.37. The van der Waals surface area contributed by atoms with Gasteiger partial charge in [0.2, 0.25) is 0 Å². The van der Waals surface area contributed by atoms with Crippen LogP contribution in [0.1, 0.15) is 67.7 Å². The molecule has 1 unspecified atom stereocenters. The quantitative estimate of drug-likeness (QED) is 0.572. The molecule has 0 saturated heterocycles. The van der Waals surface area contributed by atoms with Crippen LogP contribution in [0.2, 0.25) is 0 Å². The predicted molar refractivity (Wildman–Crippen MR) is 123 cm³/mol. The molecular weight excluding hydrogens is 406 g/mol.